The van der Waals surface area contributed by atoms with Crippen LogP contribution in [0.1, 0.15) is 22.5 Å². The number of nitrogens with zero attached hydrogens (tertiary/aromatic N) is 2. The van der Waals surface area contributed by atoms with Crippen LogP contribution >= 0.6 is 0 Å². The predicted molar refractivity (Wildman–Crippen MR) is 71.5 cm³/mol. The number of pyridine rings is 1. The summed E-state index contributed by atoms with van der Waals surface area (Å²) in [5.74, 6) is 5.58. The van der Waals surface area contributed by atoms with Crippen molar-refractivity contribution in [3.63, 3.8) is 0 Å². The van der Waals surface area contributed by atoms with Gasteiger partial charge >= 0.3 is 0 Å². The first-order valence-corrected chi connectivity index (χ1v) is 6.33. The molecule has 0 aromatic carbocycles. The monoisotopic (exact) mass is 259 g/mol. The Morgan fingerprint density at radius 3 is 3.05 bits per heavy atom. The maximum atomic E-state index is 12.2. The first-order chi connectivity index (χ1) is 9.31. The highest BCUT2D eigenvalue weighted by atomic mass is 16.5. The summed E-state index contributed by atoms with van der Waals surface area (Å²) in [6.45, 7) is 2.95. The summed E-state index contributed by atoms with van der Waals surface area (Å²) >= 11 is 0. The number of hydrogen-bond donors (Lipinski definition) is 1. The number of aromatic nitrogens is 1. The molecule has 1 saturated heterocycles. The van der Waals surface area contributed by atoms with Gasteiger partial charge in [-0.3, -0.25) is 4.79 Å². The van der Waals surface area contributed by atoms with Crippen molar-refractivity contribution in [3.05, 3.63) is 29.6 Å². The molecule has 0 spiro atoms. The van der Waals surface area contributed by atoms with E-state index < -0.39 is 0 Å². The molecule has 100 valence electrons. The van der Waals surface area contributed by atoms with E-state index in [1.165, 1.54) is 0 Å². The van der Waals surface area contributed by atoms with Crippen molar-refractivity contribution in [1.82, 2.24) is 9.88 Å². The molecule has 1 amide bonds. The van der Waals surface area contributed by atoms with E-state index in [1.54, 1.807) is 23.2 Å². The van der Waals surface area contributed by atoms with E-state index in [0.717, 1.165) is 18.5 Å². The molecular weight excluding hydrogens is 242 g/mol. The van der Waals surface area contributed by atoms with Gasteiger partial charge in [-0.2, -0.15) is 0 Å². The zero-order chi connectivity index (χ0) is 13.5. The van der Waals surface area contributed by atoms with Crippen molar-refractivity contribution in [1.29, 1.82) is 0 Å². The van der Waals surface area contributed by atoms with E-state index in [0.29, 0.717) is 32.0 Å². The number of carbonyl (C=O) groups is 1. The molecule has 2 N–H and O–H groups in total. The van der Waals surface area contributed by atoms with Gasteiger partial charge in [0, 0.05) is 31.5 Å². The maximum absolute atomic E-state index is 12.2. The van der Waals surface area contributed by atoms with Crippen LogP contribution in [0, 0.1) is 11.8 Å². The van der Waals surface area contributed by atoms with Crippen molar-refractivity contribution in [3.8, 4) is 11.8 Å². The lowest BCUT2D eigenvalue weighted by molar-refractivity contribution is 0.0735. The lowest BCUT2D eigenvalue weighted by Gasteiger charge is -2.18. The second kappa shape index (κ2) is 6.88. The molecule has 0 radical (unpaired) electrons. The summed E-state index contributed by atoms with van der Waals surface area (Å²) in [4.78, 5) is 18.2. The fourth-order valence-corrected chi connectivity index (χ4v) is 1.86. The SMILES string of the molecule is NCC#Cc1ccc(C(=O)N2CCCOCC2)nc1. The van der Waals surface area contributed by atoms with Gasteiger partial charge in [0.1, 0.15) is 5.69 Å². The molecule has 1 aromatic heterocycles. The number of rotatable bonds is 1. The summed E-state index contributed by atoms with van der Waals surface area (Å²) in [6, 6.07) is 3.49. The highest BCUT2D eigenvalue weighted by Gasteiger charge is 2.18. The maximum Gasteiger partial charge on any atom is 0.272 e. The number of nitrogens with two attached hydrogens (primary N) is 1. The Labute approximate surface area is 112 Å². The highest BCUT2D eigenvalue weighted by molar-refractivity contribution is 5.92. The quantitative estimate of drug-likeness (QED) is 0.734. The Morgan fingerprint density at radius 1 is 1.42 bits per heavy atom. The van der Waals surface area contributed by atoms with Crippen molar-refractivity contribution >= 4 is 5.91 Å². The van der Waals surface area contributed by atoms with E-state index >= 15 is 0 Å². The summed E-state index contributed by atoms with van der Waals surface area (Å²) in [6.07, 6.45) is 2.47. The fourth-order valence-electron chi connectivity index (χ4n) is 1.86. The molecule has 0 atom stereocenters. The van der Waals surface area contributed by atoms with Crippen LogP contribution in [0.2, 0.25) is 0 Å². The average molecular weight is 259 g/mol. The van der Waals surface area contributed by atoms with Gasteiger partial charge in [0.15, 0.2) is 0 Å². The minimum atomic E-state index is -0.0520. The van der Waals surface area contributed by atoms with Crippen LogP contribution in [0.4, 0.5) is 0 Å². The first kappa shape index (κ1) is 13.5. The van der Waals surface area contributed by atoms with Gasteiger partial charge in [0.2, 0.25) is 0 Å². The molecule has 0 aliphatic carbocycles. The number of ether oxygens (including phenoxy) is 1. The van der Waals surface area contributed by atoms with Crippen LogP contribution in [0.5, 0.6) is 0 Å². The zero-order valence-electron chi connectivity index (χ0n) is 10.8. The smallest absolute Gasteiger partial charge is 0.272 e. The summed E-state index contributed by atoms with van der Waals surface area (Å²) in [5, 5.41) is 0. The molecule has 1 fully saturated rings. The summed E-state index contributed by atoms with van der Waals surface area (Å²) < 4.78 is 5.33. The molecule has 1 aliphatic rings. The average Bonchev–Trinajstić information content (AvgIpc) is 2.74. The topological polar surface area (TPSA) is 68.5 Å². The number of carbonyl (C=O) groups excluding carboxylic acids is 1. The lowest BCUT2D eigenvalue weighted by Crippen LogP contribution is -2.33. The van der Waals surface area contributed by atoms with Crippen LogP contribution in [-0.4, -0.2) is 48.6 Å². The summed E-state index contributed by atoms with van der Waals surface area (Å²) in [7, 11) is 0. The van der Waals surface area contributed by atoms with Crippen LogP contribution in [-0.2, 0) is 4.74 Å². The van der Waals surface area contributed by atoms with Gasteiger partial charge in [-0.1, -0.05) is 11.8 Å². The third-order valence-corrected chi connectivity index (χ3v) is 2.83. The Balaban J connectivity index is 2.06. The van der Waals surface area contributed by atoms with E-state index in [2.05, 4.69) is 16.8 Å². The molecule has 1 aromatic rings. The van der Waals surface area contributed by atoms with Crippen LogP contribution in [0.15, 0.2) is 18.3 Å². The molecule has 0 unspecified atom stereocenters. The van der Waals surface area contributed by atoms with E-state index in [9.17, 15) is 4.79 Å². The van der Waals surface area contributed by atoms with Gasteiger partial charge in [-0.05, 0) is 18.6 Å². The Hall–Kier alpha value is -1.90. The van der Waals surface area contributed by atoms with Gasteiger partial charge < -0.3 is 15.4 Å². The Bertz CT molecular complexity index is 480. The van der Waals surface area contributed by atoms with Crippen molar-refractivity contribution in [2.45, 2.75) is 6.42 Å². The molecule has 2 rings (SSSR count). The normalized spacial score (nSPS) is 15.3. The molecule has 5 heteroatoms. The van der Waals surface area contributed by atoms with Crippen molar-refractivity contribution < 1.29 is 9.53 Å². The second-order valence-electron chi connectivity index (χ2n) is 4.20. The Kier molecular flexibility index (Phi) is 4.90. The summed E-state index contributed by atoms with van der Waals surface area (Å²) in [5.41, 5.74) is 6.51. The van der Waals surface area contributed by atoms with Gasteiger partial charge in [0.05, 0.1) is 13.2 Å². The second-order valence-corrected chi connectivity index (χ2v) is 4.20. The molecular formula is C14H17N3O2. The molecule has 0 saturated carbocycles. The molecule has 0 bridgehead atoms. The van der Waals surface area contributed by atoms with E-state index in [1.807, 2.05) is 0 Å². The third-order valence-electron chi connectivity index (χ3n) is 2.83. The third kappa shape index (κ3) is 3.78. The highest BCUT2D eigenvalue weighted by Crippen LogP contribution is 2.06. The molecule has 2 heterocycles. The number of amides is 1. The molecule has 19 heavy (non-hydrogen) atoms. The Morgan fingerprint density at radius 2 is 2.32 bits per heavy atom. The fraction of sp³-hybridized carbons (Fsp3) is 0.429. The standard InChI is InChI=1S/C14H17N3O2/c15-6-1-3-12-4-5-13(16-11-12)14(18)17-7-2-9-19-10-8-17/h4-5,11H,2,6-10,15H2. The van der Waals surface area contributed by atoms with Gasteiger partial charge in [0.25, 0.3) is 5.91 Å². The predicted octanol–water partition coefficient (Wildman–Crippen LogP) is 0.254. The largest absolute Gasteiger partial charge is 0.380 e. The van der Waals surface area contributed by atoms with Crippen molar-refractivity contribution in [2.75, 3.05) is 32.8 Å². The minimum absolute atomic E-state index is 0.0520. The first-order valence-electron chi connectivity index (χ1n) is 6.33. The van der Waals surface area contributed by atoms with Crippen LogP contribution < -0.4 is 5.73 Å². The zero-order valence-corrected chi connectivity index (χ0v) is 10.8. The van der Waals surface area contributed by atoms with Gasteiger partial charge in [-0.15, -0.1) is 0 Å². The van der Waals surface area contributed by atoms with E-state index in [-0.39, 0.29) is 5.91 Å². The lowest BCUT2D eigenvalue weighted by atomic mass is 10.2. The minimum Gasteiger partial charge on any atom is -0.380 e. The molecule has 1 aliphatic heterocycles. The van der Waals surface area contributed by atoms with Gasteiger partial charge in [-0.25, -0.2) is 4.98 Å². The van der Waals surface area contributed by atoms with Crippen molar-refractivity contribution in [2.24, 2.45) is 5.73 Å². The van der Waals surface area contributed by atoms with Crippen LogP contribution in [0.25, 0.3) is 0 Å². The molecule has 5 nitrogen and oxygen atoms in total. The van der Waals surface area contributed by atoms with Crippen LogP contribution in [0.3, 0.4) is 0 Å². The van der Waals surface area contributed by atoms with E-state index in [4.69, 9.17) is 10.5 Å². The number of hydrogen-bond acceptors (Lipinski definition) is 4.